The van der Waals surface area contributed by atoms with Crippen LogP contribution in [-0.2, 0) is 13.0 Å². The summed E-state index contributed by atoms with van der Waals surface area (Å²) in [6.45, 7) is 7.44. The summed E-state index contributed by atoms with van der Waals surface area (Å²) >= 11 is 0. The number of hydrogen-bond donors (Lipinski definition) is 1. The van der Waals surface area contributed by atoms with Crippen LogP contribution in [0.5, 0.6) is 0 Å². The predicted molar refractivity (Wildman–Crippen MR) is 101 cm³/mol. The summed E-state index contributed by atoms with van der Waals surface area (Å²) < 4.78 is 0. The van der Waals surface area contributed by atoms with Gasteiger partial charge in [-0.15, -0.1) is 0 Å². The minimum Gasteiger partial charge on any atom is -0.335 e. The number of fused-ring (bicyclic) bond motifs is 1. The second-order valence-electron chi connectivity index (χ2n) is 7.10. The number of carbonyl (C=O) groups excluding carboxylic acids is 2. The molecular formula is C20H25N5O2. The second-order valence-corrected chi connectivity index (χ2v) is 7.10. The first-order valence-corrected chi connectivity index (χ1v) is 9.59. The molecule has 0 radical (unpaired) electrons. The summed E-state index contributed by atoms with van der Waals surface area (Å²) in [5.41, 5.74) is 2.99. The van der Waals surface area contributed by atoms with E-state index in [1.54, 1.807) is 4.90 Å². The average molecular weight is 367 g/mol. The van der Waals surface area contributed by atoms with Gasteiger partial charge in [0.1, 0.15) is 0 Å². The normalized spacial score (nSPS) is 17.7. The molecule has 7 heteroatoms. The van der Waals surface area contributed by atoms with E-state index in [1.165, 1.54) is 0 Å². The van der Waals surface area contributed by atoms with Crippen LogP contribution in [0.3, 0.4) is 0 Å². The van der Waals surface area contributed by atoms with E-state index in [9.17, 15) is 9.59 Å². The molecule has 4 rings (SSSR count). The third-order valence-corrected chi connectivity index (χ3v) is 5.55. The van der Waals surface area contributed by atoms with E-state index >= 15 is 0 Å². The van der Waals surface area contributed by atoms with E-state index < -0.39 is 0 Å². The third kappa shape index (κ3) is 3.47. The van der Waals surface area contributed by atoms with Gasteiger partial charge in [0.2, 0.25) is 0 Å². The van der Waals surface area contributed by atoms with Crippen molar-refractivity contribution < 1.29 is 9.59 Å². The van der Waals surface area contributed by atoms with E-state index in [2.05, 4.69) is 22.0 Å². The first-order valence-electron chi connectivity index (χ1n) is 9.59. The molecule has 0 saturated carbocycles. The molecule has 0 atom stereocenters. The lowest BCUT2D eigenvalue weighted by Gasteiger charge is -2.34. The number of nitrogens with zero attached hydrogens (tertiary/aromatic N) is 4. The molecule has 142 valence electrons. The molecule has 0 unspecified atom stereocenters. The van der Waals surface area contributed by atoms with Gasteiger partial charge in [-0.25, -0.2) is 0 Å². The fraction of sp³-hybridized carbons (Fsp3) is 0.450. The van der Waals surface area contributed by atoms with Crippen molar-refractivity contribution in [2.45, 2.75) is 19.9 Å². The first kappa shape index (κ1) is 17.7. The summed E-state index contributed by atoms with van der Waals surface area (Å²) in [4.78, 5) is 31.8. The highest BCUT2D eigenvalue weighted by atomic mass is 16.2. The number of H-pyrrole nitrogens is 1. The van der Waals surface area contributed by atoms with Gasteiger partial charge in [-0.1, -0.05) is 25.1 Å². The van der Waals surface area contributed by atoms with Gasteiger partial charge in [0.25, 0.3) is 11.8 Å². The lowest BCUT2D eigenvalue weighted by Crippen LogP contribution is -2.48. The summed E-state index contributed by atoms with van der Waals surface area (Å²) in [7, 11) is 0. The Morgan fingerprint density at radius 1 is 1.00 bits per heavy atom. The van der Waals surface area contributed by atoms with Crippen molar-refractivity contribution in [1.29, 1.82) is 0 Å². The van der Waals surface area contributed by atoms with Crippen LogP contribution in [0.15, 0.2) is 30.3 Å². The molecule has 1 N–H and O–H groups in total. The average Bonchev–Trinajstić information content (AvgIpc) is 3.16. The van der Waals surface area contributed by atoms with Gasteiger partial charge in [0.15, 0.2) is 5.69 Å². The van der Waals surface area contributed by atoms with Crippen LogP contribution in [0.1, 0.15) is 39.0 Å². The van der Waals surface area contributed by atoms with Gasteiger partial charge in [-0.2, -0.15) is 5.10 Å². The van der Waals surface area contributed by atoms with Crippen LogP contribution >= 0.6 is 0 Å². The maximum Gasteiger partial charge on any atom is 0.274 e. The molecule has 2 aromatic rings. The Morgan fingerprint density at radius 2 is 1.74 bits per heavy atom. The lowest BCUT2D eigenvalue weighted by molar-refractivity contribution is 0.0629. The van der Waals surface area contributed by atoms with Crippen molar-refractivity contribution in [1.82, 2.24) is 24.9 Å². The van der Waals surface area contributed by atoms with Crippen molar-refractivity contribution >= 4 is 11.8 Å². The van der Waals surface area contributed by atoms with E-state index in [4.69, 9.17) is 0 Å². The summed E-state index contributed by atoms with van der Waals surface area (Å²) in [5.74, 6) is -0.0327. The number of aromatic amines is 1. The number of aromatic nitrogens is 2. The molecule has 1 saturated heterocycles. The van der Waals surface area contributed by atoms with Gasteiger partial charge in [-0.05, 0) is 18.7 Å². The van der Waals surface area contributed by atoms with Crippen molar-refractivity contribution in [3.8, 4) is 0 Å². The van der Waals surface area contributed by atoms with E-state index in [1.807, 2.05) is 35.2 Å². The number of rotatable bonds is 3. The molecule has 3 heterocycles. The minimum absolute atomic E-state index is 0.00240. The standard InChI is InChI=1S/C20H25N5O2/c1-2-23-10-12-24(13-11-23)20(27)18-16-14-25(9-8-17(16)21-22-18)19(26)15-6-4-3-5-7-15/h3-7H,2,8-14H2,1H3,(H,21,22). The van der Waals surface area contributed by atoms with Gasteiger partial charge in [0.05, 0.1) is 6.54 Å². The highest BCUT2D eigenvalue weighted by molar-refractivity contribution is 5.96. The molecule has 1 aromatic carbocycles. The number of hydrogen-bond acceptors (Lipinski definition) is 4. The summed E-state index contributed by atoms with van der Waals surface area (Å²) in [5, 5.41) is 7.33. The molecular weight excluding hydrogens is 342 g/mol. The Hall–Kier alpha value is -2.67. The predicted octanol–water partition coefficient (Wildman–Crippen LogP) is 1.39. The molecule has 1 aromatic heterocycles. The smallest absolute Gasteiger partial charge is 0.274 e. The first-order chi connectivity index (χ1) is 13.2. The Bertz CT molecular complexity index is 824. The van der Waals surface area contributed by atoms with E-state index in [-0.39, 0.29) is 11.8 Å². The number of amides is 2. The largest absolute Gasteiger partial charge is 0.335 e. The molecule has 27 heavy (non-hydrogen) atoms. The van der Waals surface area contributed by atoms with Gasteiger partial charge in [-0.3, -0.25) is 14.7 Å². The number of carbonyl (C=O) groups is 2. The maximum absolute atomic E-state index is 13.0. The number of benzene rings is 1. The fourth-order valence-electron chi connectivity index (χ4n) is 3.83. The summed E-state index contributed by atoms with van der Waals surface area (Å²) in [6.07, 6.45) is 0.692. The zero-order valence-corrected chi connectivity index (χ0v) is 15.6. The third-order valence-electron chi connectivity index (χ3n) is 5.55. The van der Waals surface area contributed by atoms with Crippen molar-refractivity contribution in [3.05, 3.63) is 52.8 Å². The molecule has 0 aliphatic carbocycles. The van der Waals surface area contributed by atoms with E-state index in [0.29, 0.717) is 30.8 Å². The highest BCUT2D eigenvalue weighted by Gasteiger charge is 2.31. The van der Waals surface area contributed by atoms with Crippen LogP contribution in [0.4, 0.5) is 0 Å². The Labute approximate surface area is 158 Å². The minimum atomic E-state index is -0.0303. The lowest BCUT2D eigenvalue weighted by atomic mass is 10.0. The van der Waals surface area contributed by atoms with Crippen molar-refractivity contribution in [2.75, 3.05) is 39.3 Å². The summed E-state index contributed by atoms with van der Waals surface area (Å²) in [6, 6.07) is 9.28. The van der Waals surface area contributed by atoms with Crippen LogP contribution in [0.25, 0.3) is 0 Å². The maximum atomic E-state index is 13.0. The second kappa shape index (κ2) is 7.52. The number of piperazine rings is 1. The Morgan fingerprint density at radius 3 is 2.44 bits per heavy atom. The zero-order valence-electron chi connectivity index (χ0n) is 15.6. The zero-order chi connectivity index (χ0) is 18.8. The van der Waals surface area contributed by atoms with Crippen LogP contribution in [0, 0.1) is 0 Å². The molecule has 2 aliphatic heterocycles. The van der Waals surface area contributed by atoms with Crippen LogP contribution < -0.4 is 0 Å². The van der Waals surface area contributed by atoms with Crippen LogP contribution in [-0.4, -0.2) is 76.0 Å². The topological polar surface area (TPSA) is 72.5 Å². The van der Waals surface area contributed by atoms with Gasteiger partial charge >= 0.3 is 0 Å². The Balaban J connectivity index is 1.50. The number of nitrogens with one attached hydrogen (secondary N) is 1. The quantitative estimate of drug-likeness (QED) is 0.890. The molecule has 2 amide bonds. The fourth-order valence-corrected chi connectivity index (χ4v) is 3.83. The molecule has 1 fully saturated rings. The number of likely N-dealkylation sites (N-methyl/N-ethyl adjacent to an activating group) is 1. The SMILES string of the molecule is CCN1CCN(C(=O)c2n[nH]c3c2CN(C(=O)c2ccccc2)CC3)CC1. The Kier molecular flexibility index (Phi) is 4.94. The molecule has 0 bridgehead atoms. The van der Waals surface area contributed by atoms with Crippen molar-refractivity contribution in [2.24, 2.45) is 0 Å². The van der Waals surface area contributed by atoms with Crippen LogP contribution in [0.2, 0.25) is 0 Å². The van der Waals surface area contributed by atoms with Crippen molar-refractivity contribution in [3.63, 3.8) is 0 Å². The molecule has 7 nitrogen and oxygen atoms in total. The molecule has 0 spiro atoms. The molecule has 2 aliphatic rings. The van der Waals surface area contributed by atoms with Gasteiger partial charge < -0.3 is 14.7 Å². The van der Waals surface area contributed by atoms with E-state index in [0.717, 1.165) is 44.0 Å². The van der Waals surface area contributed by atoms with Gasteiger partial charge in [0, 0.05) is 56.0 Å². The monoisotopic (exact) mass is 367 g/mol. The highest BCUT2D eigenvalue weighted by Crippen LogP contribution is 2.23.